The third kappa shape index (κ3) is 5.24. The summed E-state index contributed by atoms with van der Waals surface area (Å²) in [6, 6.07) is 7.66. The number of amides is 1. The Morgan fingerprint density at radius 3 is 2.41 bits per heavy atom. The van der Waals surface area contributed by atoms with Crippen LogP contribution in [0, 0.1) is 0 Å². The fourth-order valence-corrected chi connectivity index (χ4v) is 3.52. The maximum absolute atomic E-state index is 12.5. The van der Waals surface area contributed by atoms with Crippen LogP contribution in [0.5, 0.6) is 0 Å². The van der Waals surface area contributed by atoms with Gasteiger partial charge in [-0.3, -0.25) is 9.36 Å². The van der Waals surface area contributed by atoms with Crippen LogP contribution in [0.3, 0.4) is 0 Å². The first-order chi connectivity index (χ1) is 15.5. The summed E-state index contributed by atoms with van der Waals surface area (Å²) in [5, 5.41) is 11.4. The van der Waals surface area contributed by atoms with Crippen molar-refractivity contribution >= 4 is 35.3 Å². The lowest BCUT2D eigenvalue weighted by Gasteiger charge is -2.10. The minimum absolute atomic E-state index is 0.00341. The summed E-state index contributed by atoms with van der Waals surface area (Å²) in [4.78, 5) is 36.3. The highest BCUT2D eigenvalue weighted by Gasteiger charge is 2.18. The van der Waals surface area contributed by atoms with Gasteiger partial charge in [0.2, 0.25) is 11.7 Å². The number of nitrogens with one attached hydrogen (secondary N) is 1. The molecule has 0 bridgehead atoms. The van der Waals surface area contributed by atoms with Crippen molar-refractivity contribution < 1.29 is 28.3 Å². The first-order valence-corrected chi connectivity index (χ1v) is 10.3. The van der Waals surface area contributed by atoms with Crippen LogP contribution in [0.2, 0.25) is 0 Å². The van der Waals surface area contributed by atoms with E-state index in [4.69, 9.17) is 13.9 Å². The molecule has 0 aliphatic heterocycles. The topological polar surface area (TPSA) is 126 Å². The molecule has 2 aromatic heterocycles. The van der Waals surface area contributed by atoms with E-state index in [9.17, 15) is 14.4 Å². The lowest BCUT2D eigenvalue weighted by molar-refractivity contribution is -0.113. The van der Waals surface area contributed by atoms with E-state index >= 15 is 0 Å². The molecule has 3 aromatic rings. The smallest absolute Gasteiger partial charge is 0.337 e. The molecule has 166 valence electrons. The number of hydrogen-bond acceptors (Lipinski definition) is 9. The third-order valence-electron chi connectivity index (χ3n) is 4.16. The molecule has 0 radical (unpaired) electrons. The Labute approximate surface area is 187 Å². The lowest BCUT2D eigenvalue weighted by atomic mass is 10.1. The summed E-state index contributed by atoms with van der Waals surface area (Å²) < 4.78 is 16.6. The monoisotopic (exact) mass is 456 g/mol. The van der Waals surface area contributed by atoms with Crippen molar-refractivity contribution in [2.24, 2.45) is 0 Å². The van der Waals surface area contributed by atoms with Gasteiger partial charge >= 0.3 is 11.9 Å². The first-order valence-electron chi connectivity index (χ1n) is 9.29. The normalized spacial score (nSPS) is 10.4. The summed E-state index contributed by atoms with van der Waals surface area (Å²) in [6.07, 6.45) is 3.22. The second-order valence-electron chi connectivity index (χ2n) is 6.30. The zero-order valence-electron chi connectivity index (χ0n) is 17.4. The van der Waals surface area contributed by atoms with Crippen LogP contribution in [-0.2, 0) is 20.8 Å². The molecule has 1 amide bonds. The molecule has 0 saturated carbocycles. The van der Waals surface area contributed by atoms with Gasteiger partial charge in [-0.25, -0.2) is 9.59 Å². The van der Waals surface area contributed by atoms with Crippen molar-refractivity contribution in [3.05, 3.63) is 60.4 Å². The minimum atomic E-state index is -0.649. The van der Waals surface area contributed by atoms with Crippen molar-refractivity contribution in [1.29, 1.82) is 0 Å². The Bertz CT molecular complexity index is 1110. The second-order valence-corrected chi connectivity index (χ2v) is 7.24. The molecule has 1 N–H and O–H groups in total. The summed E-state index contributed by atoms with van der Waals surface area (Å²) >= 11 is 1.17. The molecule has 0 atom stereocenters. The number of carbonyl (C=O) groups is 3. The van der Waals surface area contributed by atoms with Crippen LogP contribution in [0.25, 0.3) is 11.6 Å². The van der Waals surface area contributed by atoms with Crippen LogP contribution in [0.4, 0.5) is 5.69 Å². The number of aromatic nitrogens is 3. The molecule has 1 aromatic carbocycles. The molecule has 11 heteroatoms. The maximum Gasteiger partial charge on any atom is 0.337 e. The molecule has 32 heavy (non-hydrogen) atoms. The Hall–Kier alpha value is -3.86. The van der Waals surface area contributed by atoms with E-state index in [0.29, 0.717) is 23.3 Å². The van der Waals surface area contributed by atoms with Gasteiger partial charge in [-0.15, -0.1) is 16.8 Å². The average Bonchev–Trinajstić information content (AvgIpc) is 3.46. The number of carbonyl (C=O) groups excluding carboxylic acids is 3. The van der Waals surface area contributed by atoms with Crippen molar-refractivity contribution in [3.63, 3.8) is 0 Å². The van der Waals surface area contributed by atoms with Gasteiger partial charge in [-0.2, -0.15) is 0 Å². The van der Waals surface area contributed by atoms with Gasteiger partial charge in [-0.1, -0.05) is 17.8 Å². The molecule has 3 rings (SSSR count). The standard InChI is InChI=1S/C21H20N4O6S/c1-4-7-25-18(16-6-5-8-31-16)23-24-21(25)32-12-17(26)22-15-10-13(19(27)29-2)9-14(11-15)20(28)30-3/h4-6,8-11H,1,7,12H2,2-3H3,(H,22,26). The predicted octanol–water partition coefficient (Wildman–Crippen LogP) is 3.03. The average molecular weight is 456 g/mol. The fraction of sp³-hybridized carbons (Fsp3) is 0.190. The van der Waals surface area contributed by atoms with E-state index < -0.39 is 11.9 Å². The molecule has 10 nitrogen and oxygen atoms in total. The Balaban J connectivity index is 1.74. The van der Waals surface area contributed by atoms with Crippen molar-refractivity contribution in [3.8, 4) is 11.6 Å². The quantitative estimate of drug-likeness (QED) is 0.294. The zero-order chi connectivity index (χ0) is 23.1. The summed E-state index contributed by atoms with van der Waals surface area (Å²) in [5.41, 5.74) is 0.460. The van der Waals surface area contributed by atoms with Gasteiger partial charge in [0.15, 0.2) is 10.9 Å². The van der Waals surface area contributed by atoms with Crippen LogP contribution < -0.4 is 5.32 Å². The van der Waals surface area contributed by atoms with Gasteiger partial charge < -0.3 is 19.2 Å². The van der Waals surface area contributed by atoms with Crippen molar-refractivity contribution in [2.45, 2.75) is 11.7 Å². The number of thioether (sulfide) groups is 1. The SMILES string of the molecule is C=CCn1c(SCC(=O)Nc2cc(C(=O)OC)cc(C(=O)OC)c2)nnc1-c1ccco1. The van der Waals surface area contributed by atoms with E-state index in [1.54, 1.807) is 22.8 Å². The number of hydrogen-bond donors (Lipinski definition) is 1. The summed E-state index contributed by atoms with van der Waals surface area (Å²) in [7, 11) is 2.44. The molecular weight excluding hydrogens is 436 g/mol. The van der Waals surface area contributed by atoms with Crippen LogP contribution in [0.15, 0.2) is 58.8 Å². The number of furan rings is 1. The number of ether oxygens (including phenoxy) is 2. The van der Waals surface area contributed by atoms with Gasteiger partial charge in [0, 0.05) is 12.2 Å². The molecule has 0 spiro atoms. The van der Waals surface area contributed by atoms with Gasteiger partial charge in [0.1, 0.15) is 0 Å². The van der Waals surface area contributed by atoms with E-state index in [2.05, 4.69) is 22.1 Å². The van der Waals surface area contributed by atoms with Crippen molar-refractivity contribution in [1.82, 2.24) is 14.8 Å². The highest BCUT2D eigenvalue weighted by Crippen LogP contribution is 2.25. The lowest BCUT2D eigenvalue weighted by Crippen LogP contribution is -2.16. The number of nitrogens with zero attached hydrogens (tertiary/aromatic N) is 3. The summed E-state index contributed by atoms with van der Waals surface area (Å²) in [6.45, 7) is 4.17. The van der Waals surface area contributed by atoms with Crippen LogP contribution >= 0.6 is 11.8 Å². The Kier molecular flexibility index (Phi) is 7.45. The van der Waals surface area contributed by atoms with Crippen molar-refractivity contribution in [2.75, 3.05) is 25.3 Å². The van der Waals surface area contributed by atoms with Crippen LogP contribution in [-0.4, -0.2) is 52.6 Å². The molecule has 0 saturated heterocycles. The first kappa shape index (κ1) is 22.8. The predicted molar refractivity (Wildman–Crippen MR) is 116 cm³/mol. The maximum atomic E-state index is 12.5. The van der Waals surface area contributed by atoms with Gasteiger partial charge in [0.05, 0.1) is 37.4 Å². The molecule has 2 heterocycles. The molecule has 0 fully saturated rings. The molecule has 0 unspecified atom stereocenters. The Morgan fingerprint density at radius 2 is 1.84 bits per heavy atom. The summed E-state index contributed by atoms with van der Waals surface area (Å²) in [5.74, 6) is -0.603. The highest BCUT2D eigenvalue weighted by molar-refractivity contribution is 7.99. The highest BCUT2D eigenvalue weighted by atomic mass is 32.2. The van der Waals surface area contributed by atoms with E-state index in [-0.39, 0.29) is 28.5 Å². The van der Waals surface area contributed by atoms with E-state index in [1.807, 2.05) is 0 Å². The molecule has 0 aliphatic carbocycles. The Morgan fingerprint density at radius 1 is 1.16 bits per heavy atom. The zero-order valence-corrected chi connectivity index (χ0v) is 18.2. The van der Waals surface area contributed by atoms with Crippen LogP contribution in [0.1, 0.15) is 20.7 Å². The molecular formula is C21H20N4O6S. The number of anilines is 1. The number of methoxy groups -OCH3 is 2. The number of allylic oxidation sites excluding steroid dienone is 1. The fourth-order valence-electron chi connectivity index (χ4n) is 2.78. The number of benzene rings is 1. The van der Waals surface area contributed by atoms with Gasteiger partial charge in [0.25, 0.3) is 0 Å². The van der Waals surface area contributed by atoms with Gasteiger partial charge in [-0.05, 0) is 30.3 Å². The van der Waals surface area contributed by atoms with E-state index in [0.717, 1.165) is 0 Å². The van der Waals surface area contributed by atoms with E-state index in [1.165, 1.54) is 50.4 Å². The largest absolute Gasteiger partial charge is 0.465 e. The minimum Gasteiger partial charge on any atom is -0.465 e. The number of esters is 2. The second kappa shape index (κ2) is 10.4. The third-order valence-corrected chi connectivity index (χ3v) is 5.13. The number of rotatable bonds is 9. The molecule has 0 aliphatic rings.